The van der Waals surface area contributed by atoms with Crippen molar-refractivity contribution < 1.29 is 28.6 Å². The SMILES string of the molecule is CCCCC/C=C\C/C=C\C/C=C\CCCCCCCCC(=O)OCC(COC(=O)CCCCCCCCC)OC(=O)CCCCCCC/C=C\C/C=C\CCCCC. The molecule has 0 spiro atoms. The lowest BCUT2D eigenvalue weighted by Gasteiger charge is -2.18. The van der Waals surface area contributed by atoms with Crippen molar-refractivity contribution in [2.75, 3.05) is 13.2 Å². The van der Waals surface area contributed by atoms with Crippen LogP contribution in [0, 0.1) is 0 Å². The lowest BCUT2D eigenvalue weighted by molar-refractivity contribution is -0.167. The monoisotopic (exact) mass is 825 g/mol. The Labute approximate surface area is 364 Å². The van der Waals surface area contributed by atoms with Crippen LogP contribution in [0.15, 0.2) is 60.8 Å². The van der Waals surface area contributed by atoms with E-state index in [-0.39, 0.29) is 31.1 Å². The summed E-state index contributed by atoms with van der Waals surface area (Å²) in [6.07, 6.45) is 57.8. The molecule has 0 rings (SSSR count). The second-order valence-electron chi connectivity index (χ2n) is 16.4. The van der Waals surface area contributed by atoms with Crippen molar-refractivity contribution in [2.45, 2.75) is 245 Å². The van der Waals surface area contributed by atoms with Gasteiger partial charge in [0.1, 0.15) is 13.2 Å². The molecule has 0 saturated carbocycles. The van der Waals surface area contributed by atoms with Gasteiger partial charge in [-0.2, -0.15) is 0 Å². The molecule has 0 bridgehead atoms. The van der Waals surface area contributed by atoms with E-state index in [2.05, 4.69) is 81.5 Å². The summed E-state index contributed by atoms with van der Waals surface area (Å²) in [5, 5.41) is 0. The summed E-state index contributed by atoms with van der Waals surface area (Å²) < 4.78 is 16.7. The normalized spacial score (nSPS) is 12.5. The highest BCUT2D eigenvalue weighted by Gasteiger charge is 2.19. The zero-order valence-corrected chi connectivity index (χ0v) is 38.8. The first-order valence-electron chi connectivity index (χ1n) is 24.8. The molecule has 0 heterocycles. The Kier molecular flexibility index (Phi) is 45.4. The van der Waals surface area contributed by atoms with Gasteiger partial charge < -0.3 is 14.2 Å². The number of hydrogen-bond acceptors (Lipinski definition) is 6. The van der Waals surface area contributed by atoms with Gasteiger partial charge in [0.15, 0.2) is 6.10 Å². The van der Waals surface area contributed by atoms with Gasteiger partial charge in [-0.15, -0.1) is 0 Å². The number of carbonyl (C=O) groups is 3. The fourth-order valence-electron chi connectivity index (χ4n) is 6.71. The van der Waals surface area contributed by atoms with Crippen molar-refractivity contribution in [3.63, 3.8) is 0 Å². The minimum atomic E-state index is -0.783. The van der Waals surface area contributed by atoms with E-state index < -0.39 is 6.10 Å². The minimum absolute atomic E-state index is 0.0841. The van der Waals surface area contributed by atoms with Crippen molar-refractivity contribution in [2.24, 2.45) is 0 Å². The number of rotatable bonds is 44. The second-order valence-corrected chi connectivity index (χ2v) is 16.4. The second kappa shape index (κ2) is 47.8. The topological polar surface area (TPSA) is 78.9 Å². The van der Waals surface area contributed by atoms with Gasteiger partial charge in [-0.05, 0) is 89.9 Å². The molecular weight excluding hydrogens is 733 g/mol. The number of carbonyl (C=O) groups excluding carboxylic acids is 3. The fraction of sp³-hybridized carbons (Fsp3) is 0.755. The predicted octanol–water partition coefficient (Wildman–Crippen LogP) is 16.1. The van der Waals surface area contributed by atoms with E-state index in [1.54, 1.807) is 0 Å². The summed E-state index contributed by atoms with van der Waals surface area (Å²) in [4.78, 5) is 37.7. The van der Waals surface area contributed by atoms with Crippen LogP contribution >= 0.6 is 0 Å². The van der Waals surface area contributed by atoms with Crippen molar-refractivity contribution in [3.8, 4) is 0 Å². The maximum absolute atomic E-state index is 12.7. The summed E-state index contributed by atoms with van der Waals surface area (Å²) in [5.74, 6) is -0.917. The number of hydrogen-bond donors (Lipinski definition) is 0. The highest BCUT2D eigenvalue weighted by Crippen LogP contribution is 2.13. The third kappa shape index (κ3) is 46.0. The van der Waals surface area contributed by atoms with Crippen LogP contribution in [0.25, 0.3) is 0 Å². The standard InChI is InChI=1S/C53H92O6/c1-4-7-10-13-16-18-20-22-24-25-26-27-29-30-32-34-37-40-43-46-52(55)58-49-50(48-57-51(54)45-42-39-36-15-12-9-6-3)59-53(56)47-44-41-38-35-33-31-28-23-21-19-17-14-11-8-5-2/h16-19,22-24,26-28,50H,4-15,20-21,25,29-49H2,1-3H3/b18-16-,19-17-,24-22-,27-26-,28-23-. The Bertz CT molecular complexity index is 1090. The third-order valence-electron chi connectivity index (χ3n) is 10.5. The summed E-state index contributed by atoms with van der Waals surface area (Å²) in [6.45, 7) is 6.51. The third-order valence-corrected chi connectivity index (χ3v) is 10.5. The average Bonchev–Trinajstić information content (AvgIpc) is 3.23. The van der Waals surface area contributed by atoms with Gasteiger partial charge in [-0.3, -0.25) is 14.4 Å². The molecule has 0 aliphatic heterocycles. The molecule has 0 N–H and O–H groups in total. The van der Waals surface area contributed by atoms with Gasteiger partial charge in [0, 0.05) is 19.3 Å². The van der Waals surface area contributed by atoms with Gasteiger partial charge in [0.05, 0.1) is 0 Å². The molecule has 0 aromatic rings. The zero-order valence-electron chi connectivity index (χ0n) is 38.8. The van der Waals surface area contributed by atoms with E-state index in [1.807, 2.05) is 0 Å². The van der Waals surface area contributed by atoms with Crippen LogP contribution in [0.2, 0.25) is 0 Å². The van der Waals surface area contributed by atoms with Gasteiger partial charge >= 0.3 is 17.9 Å². The maximum Gasteiger partial charge on any atom is 0.306 e. The van der Waals surface area contributed by atoms with Gasteiger partial charge in [-0.25, -0.2) is 0 Å². The van der Waals surface area contributed by atoms with Crippen molar-refractivity contribution in [1.29, 1.82) is 0 Å². The highest BCUT2D eigenvalue weighted by molar-refractivity contribution is 5.71. The van der Waals surface area contributed by atoms with Gasteiger partial charge in [-0.1, -0.05) is 191 Å². The van der Waals surface area contributed by atoms with Crippen LogP contribution in [0.1, 0.15) is 239 Å². The molecule has 0 fully saturated rings. The predicted molar refractivity (Wildman–Crippen MR) is 251 cm³/mol. The average molecular weight is 825 g/mol. The fourth-order valence-corrected chi connectivity index (χ4v) is 6.71. The van der Waals surface area contributed by atoms with E-state index in [4.69, 9.17) is 14.2 Å². The van der Waals surface area contributed by atoms with E-state index >= 15 is 0 Å². The van der Waals surface area contributed by atoms with E-state index in [0.29, 0.717) is 19.3 Å². The summed E-state index contributed by atoms with van der Waals surface area (Å²) in [6, 6.07) is 0. The number of allylic oxidation sites excluding steroid dienone is 10. The van der Waals surface area contributed by atoms with Crippen LogP contribution in [0.4, 0.5) is 0 Å². The molecule has 1 unspecified atom stereocenters. The largest absolute Gasteiger partial charge is 0.462 e. The van der Waals surface area contributed by atoms with E-state index in [1.165, 1.54) is 96.3 Å². The molecule has 0 radical (unpaired) electrons. The Hall–Kier alpha value is -2.89. The smallest absolute Gasteiger partial charge is 0.306 e. The van der Waals surface area contributed by atoms with E-state index in [0.717, 1.165) is 103 Å². The minimum Gasteiger partial charge on any atom is -0.462 e. The molecule has 0 aliphatic rings. The van der Waals surface area contributed by atoms with Crippen molar-refractivity contribution in [1.82, 2.24) is 0 Å². The Morgan fingerprint density at radius 1 is 0.339 bits per heavy atom. The Balaban J connectivity index is 4.31. The number of unbranched alkanes of at least 4 members (excludes halogenated alkanes) is 23. The molecule has 0 aromatic carbocycles. The molecule has 0 aromatic heterocycles. The van der Waals surface area contributed by atoms with Crippen LogP contribution in [-0.4, -0.2) is 37.2 Å². The maximum atomic E-state index is 12.7. The Morgan fingerprint density at radius 3 is 0.983 bits per heavy atom. The van der Waals surface area contributed by atoms with E-state index in [9.17, 15) is 14.4 Å². The highest BCUT2D eigenvalue weighted by atomic mass is 16.6. The van der Waals surface area contributed by atoms with Crippen LogP contribution < -0.4 is 0 Å². The molecule has 0 aliphatic carbocycles. The molecule has 0 saturated heterocycles. The lowest BCUT2D eigenvalue weighted by Crippen LogP contribution is -2.30. The molecule has 0 amide bonds. The molecule has 340 valence electrons. The first kappa shape index (κ1) is 56.1. The molecule has 59 heavy (non-hydrogen) atoms. The van der Waals surface area contributed by atoms with Gasteiger partial charge in [0.25, 0.3) is 0 Å². The van der Waals surface area contributed by atoms with Gasteiger partial charge in [0.2, 0.25) is 0 Å². The first-order chi connectivity index (χ1) is 29.0. The number of esters is 3. The molecule has 6 heteroatoms. The van der Waals surface area contributed by atoms with Crippen molar-refractivity contribution >= 4 is 17.9 Å². The van der Waals surface area contributed by atoms with Crippen molar-refractivity contribution in [3.05, 3.63) is 60.8 Å². The lowest BCUT2D eigenvalue weighted by atomic mass is 10.1. The first-order valence-corrected chi connectivity index (χ1v) is 24.8. The Morgan fingerprint density at radius 2 is 0.610 bits per heavy atom. The summed E-state index contributed by atoms with van der Waals surface area (Å²) >= 11 is 0. The molecule has 6 nitrogen and oxygen atoms in total. The van der Waals surface area contributed by atoms with Crippen LogP contribution in [-0.2, 0) is 28.6 Å². The quantitative estimate of drug-likeness (QED) is 0.0263. The summed E-state index contributed by atoms with van der Waals surface area (Å²) in [5.41, 5.74) is 0. The molecular formula is C53H92O6. The van der Waals surface area contributed by atoms with Crippen LogP contribution in [0.3, 0.4) is 0 Å². The zero-order chi connectivity index (χ0) is 43.0. The molecule has 1 atom stereocenters. The summed E-state index contributed by atoms with van der Waals surface area (Å²) in [7, 11) is 0. The van der Waals surface area contributed by atoms with Crippen LogP contribution in [0.5, 0.6) is 0 Å². The number of ether oxygens (including phenoxy) is 3.